The van der Waals surface area contributed by atoms with Gasteiger partial charge in [0.05, 0.1) is 15.5 Å². The Balaban J connectivity index is 1.51. The Morgan fingerprint density at radius 2 is 1.57 bits per heavy atom. The van der Waals surface area contributed by atoms with Crippen molar-refractivity contribution in [2.24, 2.45) is 0 Å². The van der Waals surface area contributed by atoms with Crippen LogP contribution in [0.3, 0.4) is 0 Å². The smallest absolute Gasteiger partial charge is 0.270 e. The van der Waals surface area contributed by atoms with Crippen molar-refractivity contribution in [3.05, 3.63) is 99.4 Å². The molecule has 4 rings (SSSR count). The number of para-hydroxylation sites is 1. The van der Waals surface area contributed by atoms with Crippen molar-refractivity contribution in [2.45, 2.75) is 0 Å². The van der Waals surface area contributed by atoms with Crippen molar-refractivity contribution >= 4 is 63.0 Å². The number of nitrogens with zero attached hydrogens (tertiary/aromatic N) is 2. The summed E-state index contributed by atoms with van der Waals surface area (Å²) in [6.07, 6.45) is 1.69. The van der Waals surface area contributed by atoms with Gasteiger partial charge in [-0.1, -0.05) is 42.2 Å². The quantitative estimate of drug-likeness (QED) is 0.239. The molecule has 1 aliphatic rings. The first-order valence-electron chi connectivity index (χ1n) is 8.96. The second-order valence-electron chi connectivity index (χ2n) is 6.40. The van der Waals surface area contributed by atoms with Crippen molar-refractivity contribution in [1.82, 2.24) is 0 Å². The first-order chi connectivity index (χ1) is 14.5. The van der Waals surface area contributed by atoms with E-state index in [0.717, 1.165) is 11.4 Å². The summed E-state index contributed by atoms with van der Waals surface area (Å²) in [6.45, 7) is 0. The number of hydrogen-bond acceptors (Lipinski definition) is 6. The third-order valence-corrected chi connectivity index (χ3v) is 5.69. The van der Waals surface area contributed by atoms with Crippen LogP contribution in [0.15, 0.2) is 83.8 Å². The standard InChI is InChI=1S/C22H15N3O3S2/c26-21-20(14-15-6-10-19(11-7-15)25(27)28)30-22(29)24(21)18-12-8-17(9-13-18)23-16-4-2-1-3-5-16/h1-14,23H/b20-14-. The number of non-ortho nitro benzene ring substituents is 1. The molecule has 6 nitrogen and oxygen atoms in total. The largest absolute Gasteiger partial charge is 0.356 e. The van der Waals surface area contributed by atoms with E-state index < -0.39 is 4.92 Å². The maximum absolute atomic E-state index is 12.9. The average molecular weight is 434 g/mol. The zero-order valence-electron chi connectivity index (χ0n) is 15.5. The molecule has 0 atom stereocenters. The van der Waals surface area contributed by atoms with Crippen molar-refractivity contribution in [1.29, 1.82) is 0 Å². The SMILES string of the molecule is O=C1/C(=C/c2ccc([N+](=O)[O-])cc2)SC(=S)N1c1ccc(Nc2ccccc2)cc1. The topological polar surface area (TPSA) is 75.5 Å². The fourth-order valence-electron chi connectivity index (χ4n) is 2.92. The normalized spacial score (nSPS) is 14.9. The highest BCUT2D eigenvalue weighted by atomic mass is 32.2. The molecule has 1 fully saturated rings. The third-order valence-electron chi connectivity index (χ3n) is 4.38. The lowest BCUT2D eigenvalue weighted by Gasteiger charge is -2.15. The average Bonchev–Trinajstić information content (AvgIpc) is 3.03. The van der Waals surface area contributed by atoms with Crippen LogP contribution in [0, 0.1) is 10.1 Å². The maximum Gasteiger partial charge on any atom is 0.270 e. The number of carbonyl (C=O) groups excluding carboxylic acids is 1. The van der Waals surface area contributed by atoms with E-state index in [-0.39, 0.29) is 11.6 Å². The molecule has 1 amide bonds. The van der Waals surface area contributed by atoms with Gasteiger partial charge >= 0.3 is 0 Å². The van der Waals surface area contributed by atoms with Crippen molar-refractivity contribution in [3.8, 4) is 0 Å². The number of thioether (sulfide) groups is 1. The molecule has 0 unspecified atom stereocenters. The predicted molar refractivity (Wildman–Crippen MR) is 125 cm³/mol. The molecule has 0 radical (unpaired) electrons. The van der Waals surface area contributed by atoms with Crippen molar-refractivity contribution in [2.75, 3.05) is 10.2 Å². The van der Waals surface area contributed by atoms with Crippen LogP contribution in [0.25, 0.3) is 6.08 Å². The Labute approximate surface area is 182 Å². The Kier molecular flexibility index (Phi) is 5.60. The summed E-state index contributed by atoms with van der Waals surface area (Å²) in [4.78, 5) is 25.2. The summed E-state index contributed by atoms with van der Waals surface area (Å²) in [5, 5.41) is 14.1. The minimum atomic E-state index is -0.459. The Bertz CT molecular complexity index is 1140. The first kappa shape index (κ1) is 19.8. The zero-order valence-corrected chi connectivity index (χ0v) is 17.2. The monoisotopic (exact) mass is 433 g/mol. The molecule has 8 heteroatoms. The molecular formula is C22H15N3O3S2. The number of thiocarbonyl (C=S) groups is 1. The number of hydrogen-bond donors (Lipinski definition) is 1. The van der Waals surface area contributed by atoms with Gasteiger partial charge in [0.2, 0.25) is 0 Å². The fourth-order valence-corrected chi connectivity index (χ4v) is 4.21. The molecule has 148 valence electrons. The third kappa shape index (κ3) is 4.24. The number of nitrogens with one attached hydrogen (secondary N) is 1. The van der Waals surface area contributed by atoms with Crippen molar-refractivity contribution in [3.63, 3.8) is 0 Å². The number of rotatable bonds is 5. The fraction of sp³-hybridized carbons (Fsp3) is 0. The van der Waals surface area contributed by atoms with E-state index in [1.165, 1.54) is 28.8 Å². The molecular weight excluding hydrogens is 418 g/mol. The zero-order chi connectivity index (χ0) is 21.1. The lowest BCUT2D eigenvalue weighted by atomic mass is 10.2. The van der Waals surface area contributed by atoms with E-state index >= 15 is 0 Å². The van der Waals surface area contributed by atoms with Crippen LogP contribution in [0.5, 0.6) is 0 Å². The lowest BCUT2D eigenvalue weighted by molar-refractivity contribution is -0.384. The number of nitro benzene ring substituents is 1. The molecule has 1 N–H and O–H groups in total. The number of carbonyl (C=O) groups is 1. The van der Waals surface area contributed by atoms with Gasteiger partial charge in [0.1, 0.15) is 0 Å². The minimum Gasteiger partial charge on any atom is -0.356 e. The van der Waals surface area contributed by atoms with Gasteiger partial charge in [-0.15, -0.1) is 0 Å². The highest BCUT2D eigenvalue weighted by molar-refractivity contribution is 8.27. The number of anilines is 3. The second kappa shape index (κ2) is 8.48. The van der Waals surface area contributed by atoms with Crippen LogP contribution in [0.2, 0.25) is 0 Å². The van der Waals surface area contributed by atoms with E-state index in [9.17, 15) is 14.9 Å². The van der Waals surface area contributed by atoms with Crippen LogP contribution in [0.1, 0.15) is 5.56 Å². The lowest BCUT2D eigenvalue weighted by Crippen LogP contribution is -2.27. The van der Waals surface area contributed by atoms with Crippen molar-refractivity contribution < 1.29 is 9.72 Å². The summed E-state index contributed by atoms with van der Waals surface area (Å²) in [7, 11) is 0. The number of nitro groups is 1. The molecule has 0 aliphatic carbocycles. The van der Waals surface area contributed by atoms with Crippen LogP contribution < -0.4 is 10.2 Å². The molecule has 1 aliphatic heterocycles. The van der Waals surface area contributed by atoms with Gasteiger partial charge in [-0.2, -0.15) is 0 Å². The van der Waals surface area contributed by atoms with Crippen LogP contribution in [0.4, 0.5) is 22.7 Å². The molecule has 1 heterocycles. The summed E-state index contributed by atoms with van der Waals surface area (Å²) < 4.78 is 0.442. The van der Waals surface area contributed by atoms with E-state index in [2.05, 4.69) is 5.32 Å². The molecule has 0 spiro atoms. The van der Waals surface area contributed by atoms with Gasteiger partial charge in [0, 0.05) is 23.5 Å². The summed E-state index contributed by atoms with van der Waals surface area (Å²) in [5.74, 6) is -0.216. The highest BCUT2D eigenvalue weighted by Gasteiger charge is 2.33. The molecule has 3 aromatic carbocycles. The Morgan fingerprint density at radius 1 is 0.933 bits per heavy atom. The Hall–Kier alpha value is -3.49. The predicted octanol–water partition coefficient (Wildman–Crippen LogP) is 5.74. The van der Waals surface area contributed by atoms with E-state index in [4.69, 9.17) is 12.2 Å². The van der Waals surface area contributed by atoms with Gasteiger partial charge in [0.25, 0.3) is 11.6 Å². The number of benzene rings is 3. The Morgan fingerprint density at radius 3 is 2.20 bits per heavy atom. The van der Waals surface area contributed by atoms with Gasteiger partial charge in [0.15, 0.2) is 4.32 Å². The van der Waals surface area contributed by atoms with Gasteiger partial charge in [-0.05, 0) is 60.2 Å². The molecule has 30 heavy (non-hydrogen) atoms. The maximum atomic E-state index is 12.9. The highest BCUT2D eigenvalue weighted by Crippen LogP contribution is 2.36. The molecule has 0 saturated carbocycles. The van der Waals surface area contributed by atoms with E-state index in [1.807, 2.05) is 54.6 Å². The van der Waals surface area contributed by atoms with Crippen LogP contribution in [-0.2, 0) is 4.79 Å². The van der Waals surface area contributed by atoms with E-state index in [0.29, 0.717) is 20.5 Å². The van der Waals surface area contributed by atoms with Gasteiger partial charge in [-0.25, -0.2) is 0 Å². The molecule has 0 aromatic heterocycles. The van der Waals surface area contributed by atoms with E-state index in [1.54, 1.807) is 18.2 Å². The summed E-state index contributed by atoms with van der Waals surface area (Å²) >= 11 is 6.62. The molecule has 1 saturated heterocycles. The van der Waals surface area contributed by atoms with Gasteiger partial charge < -0.3 is 5.32 Å². The number of amides is 1. The van der Waals surface area contributed by atoms with Crippen LogP contribution in [-0.4, -0.2) is 15.2 Å². The minimum absolute atomic E-state index is 0.00361. The van der Waals surface area contributed by atoms with Gasteiger partial charge in [-0.3, -0.25) is 19.8 Å². The second-order valence-corrected chi connectivity index (χ2v) is 8.08. The molecule has 0 bridgehead atoms. The summed E-state index contributed by atoms with van der Waals surface area (Å²) in [6, 6.07) is 23.3. The van der Waals surface area contributed by atoms with Crippen LogP contribution >= 0.6 is 24.0 Å². The summed E-state index contributed by atoms with van der Waals surface area (Å²) in [5.41, 5.74) is 3.26. The molecule has 3 aromatic rings. The first-order valence-corrected chi connectivity index (χ1v) is 10.2.